The standard InChI is InChI=1S/C20H24FN5O2/c1-5-15-23-18-17(22-12-25(18)11-20(2,3)4)19(28)26(15)24-16(27)10-13-6-8-14(21)9-7-13/h6-9,12H,5,10-11H2,1-4H3,(H,24,27). The predicted octanol–water partition coefficient (Wildman–Crippen LogP) is 2.65. The van der Waals surface area contributed by atoms with Crippen molar-refractivity contribution in [2.24, 2.45) is 5.41 Å². The lowest BCUT2D eigenvalue weighted by molar-refractivity contribution is -0.116. The van der Waals surface area contributed by atoms with E-state index in [9.17, 15) is 14.0 Å². The molecule has 0 unspecified atom stereocenters. The summed E-state index contributed by atoms with van der Waals surface area (Å²) in [5.74, 6) is -0.312. The molecule has 3 rings (SSSR count). The van der Waals surface area contributed by atoms with Crippen LogP contribution in [0.3, 0.4) is 0 Å². The average Bonchev–Trinajstić information content (AvgIpc) is 3.00. The van der Waals surface area contributed by atoms with Crippen molar-refractivity contribution in [3.8, 4) is 0 Å². The SMILES string of the molecule is CCc1nc2c(ncn2CC(C)(C)C)c(=O)n1NC(=O)Cc1ccc(F)cc1. The second-order valence-electron chi connectivity index (χ2n) is 7.97. The minimum atomic E-state index is -0.415. The fourth-order valence-electron chi connectivity index (χ4n) is 2.97. The van der Waals surface area contributed by atoms with E-state index in [1.165, 1.54) is 24.3 Å². The van der Waals surface area contributed by atoms with Crippen molar-refractivity contribution in [3.63, 3.8) is 0 Å². The van der Waals surface area contributed by atoms with Crippen molar-refractivity contribution in [1.82, 2.24) is 19.2 Å². The van der Waals surface area contributed by atoms with Gasteiger partial charge in [-0.1, -0.05) is 39.8 Å². The molecule has 0 atom stereocenters. The van der Waals surface area contributed by atoms with Gasteiger partial charge < -0.3 is 4.57 Å². The fraction of sp³-hybridized carbons (Fsp3) is 0.400. The fourth-order valence-corrected chi connectivity index (χ4v) is 2.97. The number of aryl methyl sites for hydroxylation is 1. The van der Waals surface area contributed by atoms with E-state index in [1.807, 2.05) is 11.5 Å². The van der Waals surface area contributed by atoms with Crippen LogP contribution in [0.4, 0.5) is 4.39 Å². The highest BCUT2D eigenvalue weighted by Crippen LogP contribution is 2.19. The Morgan fingerprint density at radius 2 is 1.89 bits per heavy atom. The van der Waals surface area contributed by atoms with Gasteiger partial charge in [0.1, 0.15) is 11.6 Å². The smallest absolute Gasteiger partial charge is 0.300 e. The highest BCUT2D eigenvalue weighted by molar-refractivity contribution is 5.86. The molecule has 0 aliphatic rings. The van der Waals surface area contributed by atoms with Crippen LogP contribution in [0.25, 0.3) is 11.2 Å². The van der Waals surface area contributed by atoms with Gasteiger partial charge in [-0.05, 0) is 23.1 Å². The van der Waals surface area contributed by atoms with E-state index in [1.54, 1.807) is 6.33 Å². The zero-order valence-corrected chi connectivity index (χ0v) is 16.5. The van der Waals surface area contributed by atoms with Gasteiger partial charge in [0.05, 0.1) is 12.7 Å². The lowest BCUT2D eigenvalue weighted by atomic mass is 9.97. The van der Waals surface area contributed by atoms with Crippen molar-refractivity contribution in [2.75, 3.05) is 5.43 Å². The van der Waals surface area contributed by atoms with Gasteiger partial charge in [0.15, 0.2) is 11.2 Å². The molecule has 148 valence electrons. The lowest BCUT2D eigenvalue weighted by Gasteiger charge is -2.19. The number of amides is 1. The number of carbonyl (C=O) groups excluding carboxylic acids is 1. The van der Waals surface area contributed by atoms with Crippen molar-refractivity contribution in [2.45, 2.75) is 47.1 Å². The molecule has 0 saturated carbocycles. The molecule has 28 heavy (non-hydrogen) atoms. The molecule has 0 radical (unpaired) electrons. The van der Waals surface area contributed by atoms with Crippen LogP contribution in [0.2, 0.25) is 0 Å². The summed E-state index contributed by atoms with van der Waals surface area (Å²) in [7, 11) is 0. The molecule has 2 aromatic heterocycles. The van der Waals surface area contributed by atoms with E-state index in [-0.39, 0.29) is 23.2 Å². The second kappa shape index (κ2) is 7.53. The number of rotatable bonds is 5. The number of nitrogens with one attached hydrogen (secondary N) is 1. The van der Waals surface area contributed by atoms with Gasteiger partial charge in [-0.15, -0.1) is 0 Å². The first-order chi connectivity index (χ1) is 13.2. The molecule has 0 aliphatic heterocycles. The van der Waals surface area contributed by atoms with Crippen molar-refractivity contribution < 1.29 is 9.18 Å². The summed E-state index contributed by atoms with van der Waals surface area (Å²) in [5, 5.41) is 0. The van der Waals surface area contributed by atoms with E-state index >= 15 is 0 Å². The molecule has 1 amide bonds. The summed E-state index contributed by atoms with van der Waals surface area (Å²) in [6.07, 6.45) is 2.09. The number of hydrogen-bond acceptors (Lipinski definition) is 4. The Hall–Kier alpha value is -3.03. The van der Waals surface area contributed by atoms with Crippen molar-refractivity contribution >= 4 is 17.1 Å². The summed E-state index contributed by atoms with van der Waals surface area (Å²) in [4.78, 5) is 34.1. The number of benzene rings is 1. The number of carbonyl (C=O) groups is 1. The van der Waals surface area contributed by atoms with Crippen LogP contribution in [0.1, 0.15) is 39.1 Å². The van der Waals surface area contributed by atoms with Crippen LogP contribution in [0.5, 0.6) is 0 Å². The summed E-state index contributed by atoms with van der Waals surface area (Å²) in [5.41, 5.74) is 3.56. The molecule has 3 aromatic rings. The number of aromatic nitrogens is 4. The first-order valence-corrected chi connectivity index (χ1v) is 9.19. The molecule has 0 aliphatic carbocycles. The number of nitrogens with zero attached hydrogens (tertiary/aromatic N) is 4. The molecule has 1 N–H and O–H groups in total. The first kappa shape index (κ1) is 19.7. The minimum Gasteiger partial charge on any atom is -0.315 e. The maximum Gasteiger partial charge on any atom is 0.300 e. The molecule has 2 heterocycles. The van der Waals surface area contributed by atoms with Crippen LogP contribution >= 0.6 is 0 Å². The van der Waals surface area contributed by atoms with Gasteiger partial charge in [0, 0.05) is 13.0 Å². The van der Waals surface area contributed by atoms with Gasteiger partial charge in [0.2, 0.25) is 5.91 Å². The quantitative estimate of drug-likeness (QED) is 0.732. The van der Waals surface area contributed by atoms with Gasteiger partial charge in [-0.25, -0.2) is 19.0 Å². The van der Waals surface area contributed by atoms with Gasteiger partial charge in [0.25, 0.3) is 0 Å². The van der Waals surface area contributed by atoms with Crippen LogP contribution in [-0.2, 0) is 24.2 Å². The number of imidazole rings is 1. The third-order valence-electron chi connectivity index (χ3n) is 4.18. The lowest BCUT2D eigenvalue weighted by Crippen LogP contribution is -2.37. The van der Waals surface area contributed by atoms with Crippen LogP contribution < -0.4 is 11.0 Å². The molecule has 0 bridgehead atoms. The molecule has 0 fully saturated rings. The van der Waals surface area contributed by atoms with Gasteiger partial charge in [-0.3, -0.25) is 15.0 Å². The summed E-state index contributed by atoms with van der Waals surface area (Å²) in [6.45, 7) is 8.81. The highest BCUT2D eigenvalue weighted by Gasteiger charge is 2.19. The third kappa shape index (κ3) is 4.27. The zero-order chi connectivity index (χ0) is 20.5. The van der Waals surface area contributed by atoms with Crippen LogP contribution in [-0.4, -0.2) is 25.1 Å². The van der Waals surface area contributed by atoms with Gasteiger partial charge in [-0.2, -0.15) is 0 Å². The Labute approximate surface area is 162 Å². The third-order valence-corrected chi connectivity index (χ3v) is 4.18. The molecule has 1 aromatic carbocycles. The number of halogens is 1. The van der Waals surface area contributed by atoms with E-state index in [2.05, 4.69) is 36.2 Å². The molecule has 0 spiro atoms. The molecule has 7 nitrogen and oxygen atoms in total. The Balaban J connectivity index is 1.92. The van der Waals surface area contributed by atoms with Crippen LogP contribution in [0, 0.1) is 11.2 Å². The molecular weight excluding hydrogens is 361 g/mol. The molecule has 0 saturated heterocycles. The van der Waals surface area contributed by atoms with Gasteiger partial charge >= 0.3 is 5.56 Å². The topological polar surface area (TPSA) is 81.8 Å². The van der Waals surface area contributed by atoms with E-state index in [4.69, 9.17) is 0 Å². The summed E-state index contributed by atoms with van der Waals surface area (Å²) < 4.78 is 16.0. The Kier molecular flexibility index (Phi) is 5.31. The molecular formula is C20H24FN5O2. The van der Waals surface area contributed by atoms with Crippen molar-refractivity contribution in [1.29, 1.82) is 0 Å². The molecule has 8 heteroatoms. The van der Waals surface area contributed by atoms with E-state index < -0.39 is 11.5 Å². The highest BCUT2D eigenvalue weighted by atomic mass is 19.1. The number of hydrogen-bond donors (Lipinski definition) is 1. The Bertz CT molecular complexity index is 1060. The number of fused-ring (bicyclic) bond motifs is 1. The second-order valence-corrected chi connectivity index (χ2v) is 7.97. The monoisotopic (exact) mass is 385 g/mol. The summed E-state index contributed by atoms with van der Waals surface area (Å²) >= 11 is 0. The summed E-state index contributed by atoms with van der Waals surface area (Å²) in [6, 6.07) is 5.66. The first-order valence-electron chi connectivity index (χ1n) is 9.19. The van der Waals surface area contributed by atoms with Crippen molar-refractivity contribution in [3.05, 3.63) is 58.2 Å². The van der Waals surface area contributed by atoms with Crippen LogP contribution in [0.15, 0.2) is 35.4 Å². The zero-order valence-electron chi connectivity index (χ0n) is 16.5. The normalized spacial score (nSPS) is 11.8. The van der Waals surface area contributed by atoms with E-state index in [0.717, 1.165) is 4.68 Å². The van der Waals surface area contributed by atoms with E-state index in [0.29, 0.717) is 30.0 Å². The maximum absolute atomic E-state index is 13.0. The maximum atomic E-state index is 13.0. The largest absolute Gasteiger partial charge is 0.315 e. The minimum absolute atomic E-state index is 0.0000757. The Morgan fingerprint density at radius 1 is 1.21 bits per heavy atom. The average molecular weight is 385 g/mol. The predicted molar refractivity (Wildman–Crippen MR) is 105 cm³/mol. The Morgan fingerprint density at radius 3 is 2.50 bits per heavy atom.